The minimum Gasteiger partial charge on any atom is -0.374 e. The molecule has 1 aliphatic carbocycles. The van der Waals surface area contributed by atoms with Crippen molar-refractivity contribution in [2.75, 3.05) is 13.2 Å². The largest absolute Gasteiger partial charge is 0.374 e. The highest BCUT2D eigenvalue weighted by Crippen LogP contribution is 2.22. The standard InChI is InChI=1S/C10H16O3/c1-2-13-7-10(12)8-3-5-9(11)6-4-8/h8H,2-7H2,1H3. The summed E-state index contributed by atoms with van der Waals surface area (Å²) in [4.78, 5) is 22.3. The molecule has 0 radical (unpaired) electrons. The van der Waals surface area contributed by atoms with Crippen LogP contribution in [0.4, 0.5) is 0 Å². The number of hydrogen-bond acceptors (Lipinski definition) is 3. The van der Waals surface area contributed by atoms with E-state index in [-0.39, 0.29) is 18.3 Å². The number of carbonyl (C=O) groups excluding carboxylic acids is 2. The lowest BCUT2D eigenvalue weighted by Crippen LogP contribution is -2.25. The van der Waals surface area contributed by atoms with Crippen molar-refractivity contribution in [2.45, 2.75) is 32.6 Å². The molecular formula is C10H16O3. The van der Waals surface area contributed by atoms with E-state index >= 15 is 0 Å². The molecule has 74 valence electrons. The third-order valence-electron chi connectivity index (χ3n) is 2.45. The zero-order chi connectivity index (χ0) is 9.68. The van der Waals surface area contributed by atoms with Crippen LogP contribution in [-0.2, 0) is 14.3 Å². The van der Waals surface area contributed by atoms with Crippen LogP contribution < -0.4 is 0 Å². The van der Waals surface area contributed by atoms with Crippen LogP contribution >= 0.6 is 0 Å². The molecular weight excluding hydrogens is 168 g/mol. The van der Waals surface area contributed by atoms with Crippen LogP contribution in [0, 0.1) is 5.92 Å². The summed E-state index contributed by atoms with van der Waals surface area (Å²) in [7, 11) is 0. The molecule has 0 amide bonds. The third-order valence-corrected chi connectivity index (χ3v) is 2.45. The summed E-state index contributed by atoms with van der Waals surface area (Å²) in [5.74, 6) is 0.527. The van der Waals surface area contributed by atoms with Crippen molar-refractivity contribution in [2.24, 2.45) is 5.92 Å². The first-order chi connectivity index (χ1) is 6.24. The van der Waals surface area contributed by atoms with Crippen molar-refractivity contribution in [1.82, 2.24) is 0 Å². The van der Waals surface area contributed by atoms with Gasteiger partial charge in [0.1, 0.15) is 12.4 Å². The predicted molar refractivity (Wildman–Crippen MR) is 48.5 cm³/mol. The van der Waals surface area contributed by atoms with E-state index in [1.807, 2.05) is 6.92 Å². The Labute approximate surface area is 78.5 Å². The molecule has 0 bridgehead atoms. The Morgan fingerprint density at radius 1 is 1.46 bits per heavy atom. The van der Waals surface area contributed by atoms with Crippen molar-refractivity contribution >= 4 is 11.6 Å². The van der Waals surface area contributed by atoms with Crippen LogP contribution in [0.1, 0.15) is 32.6 Å². The monoisotopic (exact) mass is 184 g/mol. The number of rotatable bonds is 4. The minimum atomic E-state index is 0.0734. The Morgan fingerprint density at radius 3 is 2.62 bits per heavy atom. The summed E-state index contributed by atoms with van der Waals surface area (Å²) in [6, 6.07) is 0. The molecule has 0 aromatic heterocycles. The highest BCUT2D eigenvalue weighted by atomic mass is 16.5. The second kappa shape index (κ2) is 5.12. The zero-order valence-electron chi connectivity index (χ0n) is 8.04. The van der Waals surface area contributed by atoms with Gasteiger partial charge in [-0.05, 0) is 19.8 Å². The second-order valence-electron chi connectivity index (χ2n) is 3.42. The molecule has 0 spiro atoms. The molecule has 1 fully saturated rings. The first-order valence-corrected chi connectivity index (χ1v) is 4.86. The van der Waals surface area contributed by atoms with Crippen LogP contribution in [0.3, 0.4) is 0 Å². The Bertz CT molecular complexity index is 188. The van der Waals surface area contributed by atoms with E-state index in [1.165, 1.54) is 0 Å². The average Bonchev–Trinajstić information content (AvgIpc) is 2.15. The Kier molecular flexibility index (Phi) is 4.09. The Balaban J connectivity index is 2.27. The van der Waals surface area contributed by atoms with Gasteiger partial charge in [-0.3, -0.25) is 9.59 Å². The van der Waals surface area contributed by atoms with E-state index < -0.39 is 0 Å². The maximum absolute atomic E-state index is 11.4. The highest BCUT2D eigenvalue weighted by molar-refractivity contribution is 5.86. The van der Waals surface area contributed by atoms with Gasteiger partial charge in [0, 0.05) is 25.4 Å². The van der Waals surface area contributed by atoms with Gasteiger partial charge in [-0.2, -0.15) is 0 Å². The SMILES string of the molecule is CCOCC(=O)C1CCC(=O)CC1. The van der Waals surface area contributed by atoms with Gasteiger partial charge in [-0.25, -0.2) is 0 Å². The van der Waals surface area contributed by atoms with Crippen molar-refractivity contribution in [3.8, 4) is 0 Å². The number of hydrogen-bond donors (Lipinski definition) is 0. The summed E-state index contributed by atoms with van der Waals surface area (Å²) in [5, 5.41) is 0. The highest BCUT2D eigenvalue weighted by Gasteiger charge is 2.24. The van der Waals surface area contributed by atoms with Gasteiger partial charge < -0.3 is 4.74 Å². The smallest absolute Gasteiger partial charge is 0.161 e. The van der Waals surface area contributed by atoms with Crippen molar-refractivity contribution in [3.63, 3.8) is 0 Å². The van der Waals surface area contributed by atoms with Crippen LogP contribution in [0.5, 0.6) is 0 Å². The second-order valence-corrected chi connectivity index (χ2v) is 3.42. The lowest BCUT2D eigenvalue weighted by molar-refractivity contribution is -0.130. The van der Waals surface area contributed by atoms with E-state index in [0.29, 0.717) is 25.2 Å². The van der Waals surface area contributed by atoms with E-state index in [4.69, 9.17) is 4.74 Å². The van der Waals surface area contributed by atoms with Gasteiger partial charge in [0.15, 0.2) is 5.78 Å². The maximum Gasteiger partial charge on any atom is 0.161 e. The van der Waals surface area contributed by atoms with Crippen molar-refractivity contribution < 1.29 is 14.3 Å². The molecule has 0 aliphatic heterocycles. The zero-order valence-corrected chi connectivity index (χ0v) is 8.04. The topological polar surface area (TPSA) is 43.4 Å². The summed E-state index contributed by atoms with van der Waals surface area (Å²) in [6.07, 6.45) is 2.60. The van der Waals surface area contributed by atoms with Gasteiger partial charge in [0.05, 0.1) is 0 Å². The molecule has 3 nitrogen and oxygen atoms in total. The summed E-state index contributed by atoms with van der Waals surface area (Å²) in [5.41, 5.74) is 0. The fourth-order valence-corrected chi connectivity index (χ4v) is 1.58. The van der Waals surface area contributed by atoms with Gasteiger partial charge >= 0.3 is 0 Å². The van der Waals surface area contributed by atoms with Crippen molar-refractivity contribution in [3.05, 3.63) is 0 Å². The van der Waals surface area contributed by atoms with E-state index in [1.54, 1.807) is 0 Å². The molecule has 3 heteroatoms. The fraction of sp³-hybridized carbons (Fsp3) is 0.800. The first kappa shape index (κ1) is 10.4. The van der Waals surface area contributed by atoms with E-state index in [9.17, 15) is 9.59 Å². The van der Waals surface area contributed by atoms with Crippen molar-refractivity contribution in [1.29, 1.82) is 0 Å². The number of Topliss-reactive ketones (excluding diaryl/α,β-unsaturated/α-hetero) is 2. The Hall–Kier alpha value is -0.700. The fourth-order valence-electron chi connectivity index (χ4n) is 1.58. The molecule has 1 saturated carbocycles. The van der Waals surface area contributed by atoms with Crippen LogP contribution in [0.15, 0.2) is 0 Å². The van der Waals surface area contributed by atoms with Gasteiger partial charge in [0.25, 0.3) is 0 Å². The van der Waals surface area contributed by atoms with Gasteiger partial charge in [0.2, 0.25) is 0 Å². The van der Waals surface area contributed by atoms with Crippen LogP contribution in [0.25, 0.3) is 0 Å². The summed E-state index contributed by atoms with van der Waals surface area (Å²) in [6.45, 7) is 2.67. The lowest BCUT2D eigenvalue weighted by Gasteiger charge is -2.19. The quantitative estimate of drug-likeness (QED) is 0.662. The Morgan fingerprint density at radius 2 is 2.08 bits per heavy atom. The average molecular weight is 184 g/mol. The number of carbonyl (C=O) groups is 2. The molecule has 0 saturated heterocycles. The van der Waals surface area contributed by atoms with Crippen LogP contribution in [0.2, 0.25) is 0 Å². The van der Waals surface area contributed by atoms with Crippen LogP contribution in [-0.4, -0.2) is 24.8 Å². The molecule has 0 heterocycles. The summed E-state index contributed by atoms with van der Waals surface area (Å²) >= 11 is 0. The van der Waals surface area contributed by atoms with E-state index in [2.05, 4.69) is 0 Å². The third kappa shape index (κ3) is 3.27. The summed E-state index contributed by atoms with van der Waals surface area (Å²) < 4.78 is 5.04. The first-order valence-electron chi connectivity index (χ1n) is 4.86. The molecule has 0 unspecified atom stereocenters. The minimum absolute atomic E-state index is 0.0734. The van der Waals surface area contributed by atoms with Gasteiger partial charge in [-0.15, -0.1) is 0 Å². The number of ketones is 2. The lowest BCUT2D eigenvalue weighted by atomic mass is 9.86. The molecule has 0 atom stereocenters. The molecule has 13 heavy (non-hydrogen) atoms. The normalized spacial score (nSPS) is 19.0. The molecule has 1 rings (SSSR count). The molecule has 1 aliphatic rings. The molecule has 0 aromatic carbocycles. The number of ether oxygens (including phenoxy) is 1. The molecule has 0 aromatic rings. The predicted octanol–water partition coefficient (Wildman–Crippen LogP) is 1.35. The maximum atomic E-state index is 11.4. The van der Waals surface area contributed by atoms with Gasteiger partial charge in [-0.1, -0.05) is 0 Å². The van der Waals surface area contributed by atoms with E-state index in [0.717, 1.165) is 12.8 Å². The molecule has 0 N–H and O–H groups in total.